The van der Waals surface area contributed by atoms with E-state index in [1.807, 2.05) is 0 Å². The first-order valence-corrected chi connectivity index (χ1v) is 12.9. The molecule has 0 radical (unpaired) electrons. The molecule has 3 aromatic heterocycles. The first-order chi connectivity index (χ1) is 17.0. The molecule has 0 N–H and O–H groups in total. The molecule has 2 aromatic carbocycles. The molecule has 6 rings (SSSR count). The Balaban J connectivity index is 1.47. The summed E-state index contributed by atoms with van der Waals surface area (Å²) < 4.78 is 8.65. The molecule has 0 aliphatic heterocycles. The van der Waals surface area contributed by atoms with E-state index in [-0.39, 0.29) is 0 Å². The first-order valence-electron chi connectivity index (χ1n) is 12.9. The van der Waals surface area contributed by atoms with Crippen LogP contribution in [0.4, 0.5) is 0 Å². The maximum absolute atomic E-state index is 6.46. The Morgan fingerprint density at radius 3 is 2.37 bits per heavy atom. The molecule has 1 saturated carbocycles. The predicted octanol–water partition coefficient (Wildman–Crippen LogP) is 8.23. The summed E-state index contributed by atoms with van der Waals surface area (Å²) in [6.45, 7) is 6.49. The molecule has 0 saturated heterocycles. The van der Waals surface area contributed by atoms with E-state index in [9.17, 15) is 0 Å². The maximum atomic E-state index is 6.46. The molecule has 0 amide bonds. The highest BCUT2D eigenvalue weighted by Gasteiger charge is 2.22. The number of rotatable bonds is 4. The van der Waals surface area contributed by atoms with Gasteiger partial charge in [0.05, 0.1) is 5.56 Å². The van der Waals surface area contributed by atoms with E-state index >= 15 is 0 Å². The quantitative estimate of drug-likeness (QED) is 0.252. The summed E-state index contributed by atoms with van der Waals surface area (Å²) in [6.07, 6.45) is 7.56. The van der Waals surface area contributed by atoms with Gasteiger partial charge in [-0.1, -0.05) is 63.1 Å². The molecule has 3 nitrogen and oxygen atoms in total. The number of hydrogen-bond donors (Lipinski definition) is 0. The van der Waals surface area contributed by atoms with Crippen LogP contribution in [-0.4, -0.2) is 4.98 Å². The third-order valence-corrected chi connectivity index (χ3v) is 7.80. The van der Waals surface area contributed by atoms with Crippen LogP contribution in [-0.2, 0) is 7.05 Å². The van der Waals surface area contributed by atoms with Gasteiger partial charge >= 0.3 is 0 Å². The molecule has 5 aromatic rings. The van der Waals surface area contributed by atoms with E-state index in [1.54, 1.807) is 0 Å². The van der Waals surface area contributed by atoms with Gasteiger partial charge < -0.3 is 4.42 Å². The minimum Gasteiger partial charge on any atom is -0.437 e. The van der Waals surface area contributed by atoms with Gasteiger partial charge in [0.2, 0.25) is 11.4 Å². The first kappa shape index (κ1) is 22.0. The van der Waals surface area contributed by atoms with Crippen LogP contribution in [0.1, 0.15) is 68.2 Å². The highest BCUT2D eigenvalue weighted by atomic mass is 16.3. The van der Waals surface area contributed by atoms with Crippen LogP contribution in [0.15, 0.2) is 71.3 Å². The van der Waals surface area contributed by atoms with Gasteiger partial charge in [-0.15, -0.1) is 0 Å². The number of aromatic nitrogens is 2. The molecule has 1 aliphatic carbocycles. The van der Waals surface area contributed by atoms with E-state index in [4.69, 9.17) is 9.40 Å². The number of nitrogens with zero attached hydrogens (tertiary/aromatic N) is 2. The van der Waals surface area contributed by atoms with Crippen LogP contribution in [0.2, 0.25) is 0 Å². The van der Waals surface area contributed by atoms with Crippen molar-refractivity contribution in [2.75, 3.05) is 0 Å². The molecule has 0 atom stereocenters. The zero-order valence-corrected chi connectivity index (χ0v) is 21.1. The van der Waals surface area contributed by atoms with Crippen molar-refractivity contribution < 1.29 is 8.98 Å². The van der Waals surface area contributed by atoms with Gasteiger partial charge in [-0.3, -0.25) is 0 Å². The molecular weight excluding hydrogens is 428 g/mol. The Hall–Kier alpha value is -3.46. The number of hydrogen-bond acceptors (Lipinski definition) is 2. The van der Waals surface area contributed by atoms with Crippen LogP contribution in [0.25, 0.3) is 44.5 Å². The Kier molecular flexibility index (Phi) is 5.44. The third kappa shape index (κ3) is 3.83. The van der Waals surface area contributed by atoms with Crippen molar-refractivity contribution in [3.05, 3.63) is 83.7 Å². The van der Waals surface area contributed by atoms with Crippen LogP contribution in [0.3, 0.4) is 0 Å². The summed E-state index contributed by atoms with van der Waals surface area (Å²) in [5.41, 5.74) is 10.1. The second kappa shape index (κ2) is 8.64. The van der Waals surface area contributed by atoms with Gasteiger partial charge in [-0.25, -0.2) is 9.55 Å². The number of furan rings is 1. The average Bonchev–Trinajstić information content (AvgIpc) is 3.52. The molecule has 176 valence electrons. The third-order valence-electron chi connectivity index (χ3n) is 7.80. The van der Waals surface area contributed by atoms with Gasteiger partial charge in [-0.2, -0.15) is 0 Å². The highest BCUT2D eigenvalue weighted by molar-refractivity contribution is 6.08. The van der Waals surface area contributed by atoms with E-state index in [1.165, 1.54) is 47.9 Å². The average molecular weight is 462 g/mol. The second-order valence-electron chi connectivity index (χ2n) is 10.5. The highest BCUT2D eigenvalue weighted by Crippen LogP contribution is 2.38. The predicted molar refractivity (Wildman–Crippen MR) is 144 cm³/mol. The summed E-state index contributed by atoms with van der Waals surface area (Å²) in [5.74, 6) is 1.11. The Bertz CT molecular complexity index is 1540. The standard InChI is InChI=1S/C32H33N2O/c1-20(2)28-16-15-27-26-14-9-21(3)30(31(26)35-32(27)33-28)29-19-25(17-18-34(29)4)24-12-10-23(11-13-24)22-7-5-6-8-22/h9-20,22H,5-8H2,1-4H3/q+1. The van der Waals surface area contributed by atoms with Gasteiger partial charge in [0.1, 0.15) is 7.05 Å². The summed E-state index contributed by atoms with van der Waals surface area (Å²) in [7, 11) is 2.11. The van der Waals surface area contributed by atoms with Crippen LogP contribution < -0.4 is 4.57 Å². The fraction of sp³-hybridized carbons (Fsp3) is 0.312. The zero-order valence-electron chi connectivity index (χ0n) is 21.1. The van der Waals surface area contributed by atoms with Crippen molar-refractivity contribution in [3.8, 4) is 22.4 Å². The molecule has 3 heteroatoms. The largest absolute Gasteiger partial charge is 0.437 e. The summed E-state index contributed by atoms with van der Waals surface area (Å²) in [5, 5.41) is 2.20. The Morgan fingerprint density at radius 1 is 0.886 bits per heavy atom. The Morgan fingerprint density at radius 2 is 1.63 bits per heavy atom. The molecule has 35 heavy (non-hydrogen) atoms. The lowest BCUT2D eigenvalue weighted by atomic mass is 9.94. The van der Waals surface area contributed by atoms with Gasteiger partial charge in [0.15, 0.2) is 11.8 Å². The maximum Gasteiger partial charge on any atom is 0.227 e. The van der Waals surface area contributed by atoms with Crippen molar-refractivity contribution in [1.29, 1.82) is 0 Å². The summed E-state index contributed by atoms with van der Waals surface area (Å²) >= 11 is 0. The molecule has 3 heterocycles. The van der Waals surface area contributed by atoms with Crippen LogP contribution in [0, 0.1) is 6.92 Å². The molecule has 1 aliphatic rings. The zero-order chi connectivity index (χ0) is 24.1. The van der Waals surface area contributed by atoms with Crippen molar-refractivity contribution in [2.45, 2.75) is 58.3 Å². The smallest absolute Gasteiger partial charge is 0.227 e. The SMILES string of the molecule is Cc1ccc2c(oc3nc(C(C)C)ccc32)c1-c1cc(-c2ccc(C3CCCC3)cc2)cc[n+]1C. The van der Waals surface area contributed by atoms with E-state index in [2.05, 4.69) is 99.2 Å². The van der Waals surface area contributed by atoms with E-state index < -0.39 is 0 Å². The van der Waals surface area contributed by atoms with Crippen molar-refractivity contribution >= 4 is 22.1 Å². The number of benzene rings is 2. The lowest BCUT2D eigenvalue weighted by Crippen LogP contribution is -2.30. The van der Waals surface area contributed by atoms with Crippen molar-refractivity contribution in [3.63, 3.8) is 0 Å². The lowest BCUT2D eigenvalue weighted by Gasteiger charge is -2.11. The normalized spacial score (nSPS) is 14.5. The number of fused-ring (bicyclic) bond motifs is 3. The minimum atomic E-state index is 0.364. The van der Waals surface area contributed by atoms with Crippen molar-refractivity contribution in [1.82, 2.24) is 4.98 Å². The number of pyridine rings is 2. The fourth-order valence-corrected chi connectivity index (χ4v) is 5.68. The van der Waals surface area contributed by atoms with Crippen LogP contribution >= 0.6 is 0 Å². The van der Waals surface area contributed by atoms with E-state index in [0.717, 1.165) is 44.9 Å². The molecule has 0 bridgehead atoms. The van der Waals surface area contributed by atoms with Crippen molar-refractivity contribution in [2.24, 2.45) is 7.05 Å². The summed E-state index contributed by atoms with van der Waals surface area (Å²) in [6, 6.07) is 22.4. The number of aryl methyl sites for hydroxylation is 2. The Labute approximate surface area is 207 Å². The lowest BCUT2D eigenvalue weighted by molar-refractivity contribution is -0.660. The van der Waals surface area contributed by atoms with Gasteiger partial charge in [-0.05, 0) is 66.0 Å². The van der Waals surface area contributed by atoms with Gasteiger partial charge in [0, 0.05) is 28.6 Å². The summed E-state index contributed by atoms with van der Waals surface area (Å²) in [4.78, 5) is 4.83. The molecule has 0 unspecified atom stereocenters. The topological polar surface area (TPSA) is 29.9 Å². The minimum absolute atomic E-state index is 0.364. The molecular formula is C32H33N2O+. The monoisotopic (exact) mass is 461 g/mol. The van der Waals surface area contributed by atoms with E-state index in [0.29, 0.717) is 5.92 Å². The van der Waals surface area contributed by atoms with Crippen LogP contribution in [0.5, 0.6) is 0 Å². The molecule has 0 spiro atoms. The van der Waals surface area contributed by atoms with Gasteiger partial charge in [0.25, 0.3) is 0 Å². The molecule has 1 fully saturated rings. The fourth-order valence-electron chi connectivity index (χ4n) is 5.68. The second-order valence-corrected chi connectivity index (χ2v) is 10.5.